The molecule has 0 bridgehead atoms. The Morgan fingerprint density at radius 1 is 1.36 bits per heavy atom. The third-order valence-electron chi connectivity index (χ3n) is 1.42. The van der Waals surface area contributed by atoms with Crippen molar-refractivity contribution < 1.29 is 0 Å². The lowest BCUT2D eigenvalue weighted by molar-refractivity contribution is 1.57. The SMILES string of the molecule is C/C=C/c1ccccc1N[O-]. The van der Waals surface area contributed by atoms with Gasteiger partial charge in [-0.15, -0.1) is 0 Å². The molecule has 0 saturated carbocycles. The zero-order valence-electron chi connectivity index (χ0n) is 6.37. The van der Waals surface area contributed by atoms with E-state index < -0.39 is 0 Å². The van der Waals surface area contributed by atoms with Gasteiger partial charge in [-0.3, -0.25) is 0 Å². The van der Waals surface area contributed by atoms with Gasteiger partial charge in [0.25, 0.3) is 0 Å². The van der Waals surface area contributed by atoms with Crippen molar-refractivity contribution in [3.8, 4) is 0 Å². The normalized spacial score (nSPS) is 10.4. The Labute approximate surface area is 66.1 Å². The fraction of sp³-hybridized carbons (Fsp3) is 0.111. The number of allylic oxidation sites excluding steroid dienone is 1. The molecule has 11 heavy (non-hydrogen) atoms. The minimum absolute atomic E-state index is 0.616. The molecule has 0 heterocycles. The fourth-order valence-corrected chi connectivity index (χ4v) is 0.915. The summed E-state index contributed by atoms with van der Waals surface area (Å²) in [4.78, 5) is 0. The first-order valence-corrected chi connectivity index (χ1v) is 3.48. The van der Waals surface area contributed by atoms with Gasteiger partial charge < -0.3 is 10.7 Å². The fourth-order valence-electron chi connectivity index (χ4n) is 0.915. The number of nitrogens with one attached hydrogen (secondary N) is 1. The van der Waals surface area contributed by atoms with Gasteiger partial charge in [-0.2, -0.15) is 0 Å². The van der Waals surface area contributed by atoms with Crippen molar-refractivity contribution in [3.05, 3.63) is 41.1 Å². The molecule has 0 aromatic heterocycles. The van der Waals surface area contributed by atoms with Gasteiger partial charge in [0.15, 0.2) is 0 Å². The molecule has 1 aromatic rings. The van der Waals surface area contributed by atoms with Gasteiger partial charge in [0.2, 0.25) is 0 Å². The predicted octanol–water partition coefficient (Wildman–Crippen LogP) is 2.63. The van der Waals surface area contributed by atoms with Crippen molar-refractivity contribution >= 4 is 11.8 Å². The van der Waals surface area contributed by atoms with Crippen LogP contribution in [0.1, 0.15) is 12.5 Å². The van der Waals surface area contributed by atoms with Gasteiger partial charge in [-0.1, -0.05) is 30.4 Å². The van der Waals surface area contributed by atoms with Crippen LogP contribution < -0.4 is 5.48 Å². The van der Waals surface area contributed by atoms with Gasteiger partial charge in [0.05, 0.1) is 0 Å². The number of rotatable bonds is 2. The van der Waals surface area contributed by atoms with E-state index in [1.54, 1.807) is 6.07 Å². The first kappa shape index (κ1) is 7.82. The Kier molecular flexibility index (Phi) is 2.69. The smallest absolute Gasteiger partial charge is 0.0306 e. The number of anilines is 1. The summed E-state index contributed by atoms with van der Waals surface area (Å²) in [6, 6.07) is 7.37. The van der Waals surface area contributed by atoms with Gasteiger partial charge >= 0.3 is 0 Å². The summed E-state index contributed by atoms with van der Waals surface area (Å²) in [5, 5.41) is 10.3. The van der Waals surface area contributed by atoms with Crippen LogP contribution in [0.2, 0.25) is 0 Å². The molecule has 0 amide bonds. The molecule has 2 nitrogen and oxygen atoms in total. The predicted molar refractivity (Wildman–Crippen MR) is 48.1 cm³/mol. The molecule has 1 N–H and O–H groups in total. The van der Waals surface area contributed by atoms with Crippen LogP contribution in [0.25, 0.3) is 6.08 Å². The maximum atomic E-state index is 10.3. The Balaban J connectivity index is 3.02. The topological polar surface area (TPSA) is 35.1 Å². The molecule has 2 heteroatoms. The number of para-hydroxylation sites is 1. The molecule has 0 atom stereocenters. The van der Waals surface area contributed by atoms with Crippen LogP contribution in [-0.4, -0.2) is 0 Å². The van der Waals surface area contributed by atoms with E-state index in [1.807, 2.05) is 42.8 Å². The lowest BCUT2D eigenvalue weighted by Gasteiger charge is -2.11. The van der Waals surface area contributed by atoms with Crippen molar-refractivity contribution in [2.45, 2.75) is 6.92 Å². The number of hydrogen-bond acceptors (Lipinski definition) is 2. The summed E-state index contributed by atoms with van der Waals surface area (Å²) in [7, 11) is 0. The highest BCUT2D eigenvalue weighted by Gasteiger charge is 1.90. The molecule has 0 aliphatic rings. The third kappa shape index (κ3) is 1.82. The van der Waals surface area contributed by atoms with Crippen molar-refractivity contribution in [2.75, 3.05) is 5.48 Å². The number of hydrogen-bond donors (Lipinski definition) is 1. The van der Waals surface area contributed by atoms with E-state index in [0.717, 1.165) is 5.56 Å². The number of benzene rings is 1. The molecule has 1 aromatic carbocycles. The van der Waals surface area contributed by atoms with Gasteiger partial charge in [-0.05, 0) is 18.6 Å². The molecule has 0 unspecified atom stereocenters. The molecule has 58 valence electrons. The van der Waals surface area contributed by atoms with E-state index in [9.17, 15) is 5.21 Å². The molecule has 0 aliphatic carbocycles. The largest absolute Gasteiger partial charge is 0.761 e. The zero-order chi connectivity index (χ0) is 8.10. The van der Waals surface area contributed by atoms with E-state index in [2.05, 4.69) is 0 Å². The van der Waals surface area contributed by atoms with Crippen LogP contribution in [0.3, 0.4) is 0 Å². The molecule has 0 radical (unpaired) electrons. The van der Waals surface area contributed by atoms with E-state index in [1.165, 1.54) is 0 Å². The highest BCUT2D eigenvalue weighted by atomic mass is 16.5. The van der Waals surface area contributed by atoms with Gasteiger partial charge in [0, 0.05) is 5.69 Å². The summed E-state index contributed by atoms with van der Waals surface area (Å²) >= 11 is 0. The van der Waals surface area contributed by atoms with Gasteiger partial charge in [0.1, 0.15) is 0 Å². The van der Waals surface area contributed by atoms with Crippen LogP contribution >= 0.6 is 0 Å². The Morgan fingerprint density at radius 3 is 2.73 bits per heavy atom. The van der Waals surface area contributed by atoms with E-state index in [-0.39, 0.29) is 0 Å². The van der Waals surface area contributed by atoms with Crippen molar-refractivity contribution in [3.63, 3.8) is 0 Å². The minimum atomic E-state index is 0.616. The lowest BCUT2D eigenvalue weighted by atomic mass is 10.2. The third-order valence-corrected chi connectivity index (χ3v) is 1.42. The van der Waals surface area contributed by atoms with Crippen molar-refractivity contribution in [2.24, 2.45) is 0 Å². The van der Waals surface area contributed by atoms with Crippen LogP contribution in [0.4, 0.5) is 5.69 Å². The Bertz CT molecular complexity index is 255. The van der Waals surface area contributed by atoms with Crippen molar-refractivity contribution in [1.29, 1.82) is 0 Å². The maximum Gasteiger partial charge on any atom is 0.0306 e. The summed E-state index contributed by atoms with van der Waals surface area (Å²) in [6.07, 6.45) is 3.79. The Hall–Kier alpha value is -1.28. The second-order valence-electron chi connectivity index (χ2n) is 2.19. The Morgan fingerprint density at radius 2 is 2.09 bits per heavy atom. The van der Waals surface area contributed by atoms with E-state index in [4.69, 9.17) is 0 Å². The maximum absolute atomic E-state index is 10.3. The zero-order valence-corrected chi connectivity index (χ0v) is 6.37. The van der Waals surface area contributed by atoms with E-state index >= 15 is 0 Å². The average Bonchev–Trinajstić information content (AvgIpc) is 2.06. The summed E-state index contributed by atoms with van der Waals surface area (Å²) in [6.45, 7) is 1.92. The van der Waals surface area contributed by atoms with Crippen LogP contribution in [-0.2, 0) is 0 Å². The lowest BCUT2D eigenvalue weighted by Crippen LogP contribution is -1.87. The van der Waals surface area contributed by atoms with Crippen molar-refractivity contribution in [1.82, 2.24) is 0 Å². The molecular weight excluding hydrogens is 138 g/mol. The van der Waals surface area contributed by atoms with Gasteiger partial charge in [-0.25, -0.2) is 0 Å². The second-order valence-corrected chi connectivity index (χ2v) is 2.19. The first-order chi connectivity index (χ1) is 5.38. The monoisotopic (exact) mass is 148 g/mol. The first-order valence-electron chi connectivity index (χ1n) is 3.48. The summed E-state index contributed by atoms with van der Waals surface area (Å²) in [5.41, 5.74) is 3.42. The minimum Gasteiger partial charge on any atom is -0.761 e. The second kappa shape index (κ2) is 3.78. The van der Waals surface area contributed by atoms with E-state index in [0.29, 0.717) is 5.69 Å². The highest BCUT2D eigenvalue weighted by Crippen LogP contribution is 2.15. The highest BCUT2D eigenvalue weighted by molar-refractivity contribution is 5.66. The summed E-state index contributed by atoms with van der Waals surface area (Å²) < 4.78 is 0. The summed E-state index contributed by atoms with van der Waals surface area (Å²) in [5.74, 6) is 0. The quantitative estimate of drug-likeness (QED) is 0.654. The van der Waals surface area contributed by atoms with Crippen LogP contribution in [0.5, 0.6) is 0 Å². The van der Waals surface area contributed by atoms with Crippen LogP contribution in [0, 0.1) is 5.21 Å². The average molecular weight is 148 g/mol. The standard InChI is InChI=1S/C9H10NO/c1-2-5-8-6-3-4-7-9(8)10-11/h2-7,10H,1H3/q-1/b5-2+. The molecule has 1 rings (SSSR count). The van der Waals surface area contributed by atoms with Crippen LogP contribution in [0.15, 0.2) is 30.3 Å². The molecule has 0 spiro atoms. The molecule has 0 fully saturated rings. The molecular formula is C9H10NO-. The molecule has 0 aliphatic heterocycles. The molecule has 0 saturated heterocycles.